The van der Waals surface area contributed by atoms with Crippen LogP contribution in [-0.2, 0) is 20.4 Å². The number of ether oxygens (including phenoxy) is 1. The minimum absolute atomic E-state index is 0.0150. The number of phenols is 1. The van der Waals surface area contributed by atoms with Gasteiger partial charge in [-0.05, 0) is 150 Å². The second kappa shape index (κ2) is 21.6. The number of hydrogen-bond acceptors (Lipinski definition) is 8. The van der Waals surface area contributed by atoms with Gasteiger partial charge >= 0.3 is 12.2 Å². The number of aromatic nitrogens is 1. The number of carboxylic acid groups (broad SMARTS) is 1. The molecule has 1 heterocycles. The van der Waals surface area contributed by atoms with Crippen LogP contribution in [0.25, 0.3) is 22.0 Å². The molecule has 1 atom stereocenters. The number of fused-ring (bicyclic) bond motifs is 1. The number of carbonyl (C=O) groups excluding carboxylic acids is 2. The Morgan fingerprint density at radius 1 is 0.879 bits per heavy atom. The fourth-order valence-electron chi connectivity index (χ4n) is 9.19. The van der Waals surface area contributed by atoms with Gasteiger partial charge in [-0.15, -0.1) is 0 Å². The number of pyridine rings is 1. The SMILES string of the molecule is CC(C)(C)OC(=O)NC1CCC(N(C(=O)O)c2cc(CCCNC(=O)C3CCC(CNC[C@H](O[Si](C)(C)C(C)(C)C)c4ccc(O)c5[nH]c(=O)ccc45)CC3)ccc2-c2ccccc2)CC1. The van der Waals surface area contributed by atoms with Gasteiger partial charge in [0.1, 0.15) is 11.4 Å². The van der Waals surface area contributed by atoms with E-state index in [1.165, 1.54) is 11.0 Å². The quantitative estimate of drug-likeness (QED) is 0.0471. The predicted octanol–water partition coefficient (Wildman–Crippen LogP) is 10.4. The first-order chi connectivity index (χ1) is 31.2. The highest BCUT2D eigenvalue weighted by Gasteiger charge is 2.40. The van der Waals surface area contributed by atoms with Crippen molar-refractivity contribution in [2.45, 2.75) is 148 Å². The van der Waals surface area contributed by atoms with Crippen LogP contribution >= 0.6 is 0 Å². The van der Waals surface area contributed by atoms with E-state index in [1.807, 2.05) is 69.3 Å². The van der Waals surface area contributed by atoms with Gasteiger partial charge in [0.05, 0.1) is 17.3 Å². The summed E-state index contributed by atoms with van der Waals surface area (Å²) >= 11 is 0. The standard InChI is InChI=1S/C52H73N5O8Si/c1-51(2,3)64-49(61)55-38-21-23-39(24-22-38)57(50(62)63)43-31-34(18-25-40(43)36-14-10-9-11-15-36)13-12-30-54-48(60)37-19-16-35(17-20-37)32-53-33-45(65-66(7,8)52(4,5)6)41-26-28-44(58)47-42(41)27-29-46(59)56-47/h9-11,14-15,18,25-29,31,35,37-39,45,53,58H,12-13,16-17,19-24,30,32-33H2,1-8H3,(H,54,60)(H,55,61)(H,56,59)(H,62,63)/t35?,37?,38?,39?,45-/m0/s1. The van der Waals surface area contributed by atoms with Crippen LogP contribution in [0.2, 0.25) is 18.1 Å². The van der Waals surface area contributed by atoms with Crippen LogP contribution in [0.4, 0.5) is 15.3 Å². The first-order valence-electron chi connectivity index (χ1n) is 23.9. The van der Waals surface area contributed by atoms with Gasteiger partial charge in [0.25, 0.3) is 0 Å². The first kappa shape index (κ1) is 50.2. The van der Waals surface area contributed by atoms with E-state index in [4.69, 9.17) is 9.16 Å². The highest BCUT2D eigenvalue weighted by molar-refractivity contribution is 6.74. The molecule has 66 heavy (non-hydrogen) atoms. The van der Waals surface area contributed by atoms with Gasteiger partial charge in [-0.1, -0.05) is 69.3 Å². The molecule has 0 aliphatic heterocycles. The number of carbonyl (C=O) groups is 3. The summed E-state index contributed by atoms with van der Waals surface area (Å²) in [5.41, 5.74) is 3.90. The number of hydrogen-bond donors (Lipinski definition) is 6. The molecule has 0 saturated heterocycles. The number of rotatable bonds is 16. The van der Waals surface area contributed by atoms with Crippen molar-refractivity contribution in [1.82, 2.24) is 20.9 Å². The summed E-state index contributed by atoms with van der Waals surface area (Å²) in [6.45, 7) is 18.5. The molecule has 6 N–H and O–H groups in total. The Bertz CT molecular complexity index is 2340. The Morgan fingerprint density at radius 2 is 1.58 bits per heavy atom. The van der Waals surface area contributed by atoms with Crippen LogP contribution in [0.15, 0.2) is 77.6 Å². The molecule has 2 saturated carbocycles. The number of benzene rings is 3. The molecule has 0 unspecified atom stereocenters. The lowest BCUT2D eigenvalue weighted by molar-refractivity contribution is -0.126. The Morgan fingerprint density at radius 3 is 2.23 bits per heavy atom. The van der Waals surface area contributed by atoms with Crippen molar-refractivity contribution in [3.8, 4) is 16.9 Å². The summed E-state index contributed by atoms with van der Waals surface area (Å²) in [5, 5.41) is 31.8. The molecule has 0 spiro atoms. The van der Waals surface area contributed by atoms with Crippen LogP contribution in [0.5, 0.6) is 5.75 Å². The number of nitrogens with one attached hydrogen (secondary N) is 4. The van der Waals surface area contributed by atoms with Crippen molar-refractivity contribution in [1.29, 1.82) is 0 Å². The second-order valence-corrected chi connectivity index (χ2v) is 25.7. The highest BCUT2D eigenvalue weighted by Crippen LogP contribution is 2.42. The largest absolute Gasteiger partial charge is 0.506 e. The Labute approximate surface area is 391 Å². The average Bonchev–Trinajstić information content (AvgIpc) is 3.25. The number of aromatic amines is 1. The minimum atomic E-state index is -2.21. The lowest BCUT2D eigenvalue weighted by Crippen LogP contribution is -2.47. The molecule has 2 fully saturated rings. The van der Waals surface area contributed by atoms with Crippen LogP contribution in [0.3, 0.4) is 0 Å². The average molecular weight is 924 g/mol. The number of alkyl carbamates (subject to hydrolysis) is 1. The molecule has 1 aromatic heterocycles. The lowest BCUT2D eigenvalue weighted by Gasteiger charge is -2.40. The summed E-state index contributed by atoms with van der Waals surface area (Å²) < 4.78 is 12.4. The summed E-state index contributed by atoms with van der Waals surface area (Å²) in [6.07, 6.45) is 5.69. The Balaban J connectivity index is 1.01. The topological polar surface area (TPSA) is 182 Å². The fraction of sp³-hybridized carbons (Fsp3) is 0.538. The maximum Gasteiger partial charge on any atom is 0.412 e. The van der Waals surface area contributed by atoms with Crippen molar-refractivity contribution in [2.75, 3.05) is 24.5 Å². The maximum atomic E-state index is 13.4. The highest BCUT2D eigenvalue weighted by atomic mass is 28.4. The number of aryl methyl sites for hydroxylation is 1. The van der Waals surface area contributed by atoms with Crippen LogP contribution < -0.4 is 26.4 Å². The van der Waals surface area contributed by atoms with Crippen LogP contribution in [-0.4, -0.2) is 78.9 Å². The molecule has 0 radical (unpaired) electrons. The third-order valence-electron chi connectivity index (χ3n) is 13.8. The van der Waals surface area contributed by atoms with Crippen molar-refractivity contribution in [3.63, 3.8) is 0 Å². The molecule has 4 aromatic rings. The summed E-state index contributed by atoms with van der Waals surface area (Å²) in [6, 6.07) is 22.3. The van der Waals surface area contributed by atoms with E-state index in [-0.39, 0.29) is 46.4 Å². The predicted molar refractivity (Wildman–Crippen MR) is 265 cm³/mol. The van der Waals surface area contributed by atoms with Crippen molar-refractivity contribution >= 4 is 43.0 Å². The molecule has 358 valence electrons. The van der Waals surface area contributed by atoms with E-state index in [0.29, 0.717) is 68.7 Å². The zero-order chi connectivity index (χ0) is 47.8. The molecule has 13 nitrogen and oxygen atoms in total. The van der Waals surface area contributed by atoms with Crippen molar-refractivity contribution in [2.24, 2.45) is 11.8 Å². The Kier molecular flexibility index (Phi) is 16.5. The smallest absolute Gasteiger partial charge is 0.412 e. The van der Waals surface area contributed by atoms with E-state index >= 15 is 0 Å². The van der Waals surface area contributed by atoms with E-state index in [2.05, 4.69) is 60.9 Å². The van der Waals surface area contributed by atoms with Crippen molar-refractivity contribution < 1.29 is 33.8 Å². The third kappa shape index (κ3) is 13.2. The van der Waals surface area contributed by atoms with Crippen LogP contribution in [0, 0.1) is 11.8 Å². The first-order valence-corrected chi connectivity index (χ1v) is 26.8. The number of anilines is 1. The molecular weight excluding hydrogens is 851 g/mol. The van der Waals surface area contributed by atoms with Gasteiger partial charge in [-0.25, -0.2) is 9.59 Å². The number of aromatic hydroxyl groups is 1. The minimum Gasteiger partial charge on any atom is -0.506 e. The molecule has 2 aliphatic carbocycles. The summed E-state index contributed by atoms with van der Waals surface area (Å²) in [4.78, 5) is 55.3. The van der Waals surface area contributed by atoms with Gasteiger partial charge < -0.3 is 40.3 Å². The zero-order valence-electron chi connectivity index (χ0n) is 40.3. The van der Waals surface area contributed by atoms with Gasteiger partial charge in [-0.2, -0.15) is 0 Å². The molecule has 14 heteroatoms. The molecular formula is C52H73N5O8Si. The normalized spacial score (nSPS) is 19.8. The molecule has 0 bridgehead atoms. The Hall–Kier alpha value is -5.18. The number of nitrogens with zero attached hydrogens (tertiary/aromatic N) is 1. The van der Waals surface area contributed by atoms with Gasteiger partial charge in [-0.3, -0.25) is 14.5 Å². The van der Waals surface area contributed by atoms with Crippen molar-refractivity contribution in [3.05, 3.63) is 94.3 Å². The summed E-state index contributed by atoms with van der Waals surface area (Å²) in [5.74, 6) is 0.520. The van der Waals surface area contributed by atoms with E-state index in [1.54, 1.807) is 12.1 Å². The third-order valence-corrected chi connectivity index (χ3v) is 18.3. The van der Waals surface area contributed by atoms with E-state index < -0.39 is 26.1 Å². The van der Waals surface area contributed by atoms with E-state index in [0.717, 1.165) is 59.9 Å². The lowest BCUT2D eigenvalue weighted by atomic mass is 9.81. The van der Waals surface area contributed by atoms with E-state index in [9.17, 15) is 29.4 Å². The molecule has 6 rings (SSSR count). The molecule has 3 aromatic carbocycles. The molecule has 3 amide bonds. The van der Waals surface area contributed by atoms with Gasteiger partial charge in [0.15, 0.2) is 8.32 Å². The number of amides is 3. The fourth-order valence-corrected chi connectivity index (χ4v) is 10.5. The number of H-pyrrole nitrogens is 1. The van der Waals surface area contributed by atoms with Gasteiger partial charge in [0, 0.05) is 48.1 Å². The monoisotopic (exact) mass is 924 g/mol. The molecule has 2 aliphatic rings. The zero-order valence-corrected chi connectivity index (χ0v) is 41.3. The van der Waals surface area contributed by atoms with Crippen LogP contribution in [0.1, 0.15) is 117 Å². The second-order valence-electron chi connectivity index (χ2n) is 20.9. The van der Waals surface area contributed by atoms with Gasteiger partial charge in [0.2, 0.25) is 11.5 Å². The number of phenolic OH excluding ortho intramolecular Hbond substituents is 1. The maximum absolute atomic E-state index is 13.4. The summed E-state index contributed by atoms with van der Waals surface area (Å²) in [7, 11) is -2.21.